The molecule has 1 N–H and O–H groups in total. The van der Waals surface area contributed by atoms with Crippen molar-refractivity contribution in [1.29, 1.82) is 0 Å². The van der Waals surface area contributed by atoms with Crippen molar-refractivity contribution in [3.63, 3.8) is 0 Å². The van der Waals surface area contributed by atoms with Crippen molar-refractivity contribution in [1.82, 2.24) is 4.90 Å². The summed E-state index contributed by atoms with van der Waals surface area (Å²) in [5.41, 5.74) is 2.42. The summed E-state index contributed by atoms with van der Waals surface area (Å²) in [5.74, 6) is -1.06. The molecular formula is C17H20N2O5. The highest BCUT2D eigenvalue weighted by molar-refractivity contribution is 5.98. The lowest BCUT2D eigenvalue weighted by Gasteiger charge is -2.32. The van der Waals surface area contributed by atoms with Gasteiger partial charge in [0.1, 0.15) is 0 Å². The summed E-state index contributed by atoms with van der Waals surface area (Å²) in [6.07, 6.45) is 0.158. The van der Waals surface area contributed by atoms with Crippen LogP contribution in [0.25, 0.3) is 0 Å². The molecule has 1 fully saturated rings. The molecule has 2 aliphatic rings. The van der Waals surface area contributed by atoms with E-state index in [0.717, 1.165) is 17.7 Å². The van der Waals surface area contributed by atoms with Gasteiger partial charge in [0.05, 0.1) is 19.1 Å². The van der Waals surface area contributed by atoms with Gasteiger partial charge in [0.25, 0.3) is 5.91 Å². The maximum Gasteiger partial charge on any atom is 0.306 e. The lowest BCUT2D eigenvalue weighted by Crippen LogP contribution is -2.46. The zero-order valence-electron chi connectivity index (χ0n) is 13.5. The molecule has 0 saturated carbocycles. The summed E-state index contributed by atoms with van der Waals surface area (Å²) in [7, 11) is 0. The molecule has 7 nitrogen and oxygen atoms in total. The van der Waals surface area contributed by atoms with Crippen LogP contribution in [0.15, 0.2) is 18.2 Å². The zero-order chi connectivity index (χ0) is 17.3. The van der Waals surface area contributed by atoms with Gasteiger partial charge in [-0.1, -0.05) is 0 Å². The highest BCUT2D eigenvalue weighted by Crippen LogP contribution is 2.29. The van der Waals surface area contributed by atoms with Gasteiger partial charge < -0.3 is 19.6 Å². The van der Waals surface area contributed by atoms with Crippen LogP contribution in [0.3, 0.4) is 0 Å². The predicted octanol–water partition coefficient (Wildman–Crippen LogP) is 0.911. The van der Waals surface area contributed by atoms with E-state index < -0.39 is 12.1 Å². The third kappa shape index (κ3) is 3.26. The molecule has 0 spiro atoms. The van der Waals surface area contributed by atoms with Gasteiger partial charge in [0.2, 0.25) is 5.91 Å². The first-order chi connectivity index (χ1) is 11.5. The number of carboxylic acids is 1. The number of hydrogen-bond acceptors (Lipinski definition) is 4. The standard InChI is InChI=1S/C17H20N2O5/c1-11(20)19-5-4-12-8-13(2-3-15(12)19)17(23)18-6-7-24-14(10-18)9-16(21)22/h2-3,8,14H,4-7,9-10H2,1H3,(H,21,22). The fourth-order valence-electron chi connectivity index (χ4n) is 3.27. The van der Waals surface area contributed by atoms with E-state index in [0.29, 0.717) is 25.3 Å². The first kappa shape index (κ1) is 16.4. The van der Waals surface area contributed by atoms with Crippen molar-refractivity contribution in [2.75, 3.05) is 31.1 Å². The molecule has 2 amide bonds. The summed E-state index contributed by atoms with van der Waals surface area (Å²) in [5, 5.41) is 8.87. The maximum atomic E-state index is 12.7. The Morgan fingerprint density at radius 1 is 1.29 bits per heavy atom. The molecule has 7 heteroatoms. The highest BCUT2D eigenvalue weighted by atomic mass is 16.5. The van der Waals surface area contributed by atoms with Crippen LogP contribution in [0.5, 0.6) is 0 Å². The van der Waals surface area contributed by atoms with Crippen LogP contribution in [-0.4, -0.2) is 60.1 Å². The minimum atomic E-state index is -0.934. The fraction of sp³-hybridized carbons (Fsp3) is 0.471. The number of carbonyl (C=O) groups is 3. The Bertz CT molecular complexity index is 688. The van der Waals surface area contributed by atoms with E-state index in [1.54, 1.807) is 15.9 Å². The van der Waals surface area contributed by atoms with Crippen molar-refractivity contribution < 1.29 is 24.2 Å². The Balaban J connectivity index is 1.74. The van der Waals surface area contributed by atoms with Crippen molar-refractivity contribution in [2.24, 2.45) is 0 Å². The number of aliphatic carboxylic acids is 1. The van der Waals surface area contributed by atoms with Crippen LogP contribution in [0.4, 0.5) is 5.69 Å². The Morgan fingerprint density at radius 3 is 2.79 bits per heavy atom. The SMILES string of the molecule is CC(=O)N1CCc2cc(C(=O)N3CCOC(CC(=O)O)C3)ccc21. The number of nitrogens with zero attached hydrogens (tertiary/aromatic N) is 2. The number of anilines is 1. The lowest BCUT2D eigenvalue weighted by molar-refractivity contribution is -0.141. The number of rotatable bonds is 3. The Morgan fingerprint density at radius 2 is 2.08 bits per heavy atom. The van der Waals surface area contributed by atoms with Crippen molar-refractivity contribution in [2.45, 2.75) is 25.9 Å². The number of carbonyl (C=O) groups excluding carboxylic acids is 2. The molecular weight excluding hydrogens is 312 g/mol. The zero-order valence-corrected chi connectivity index (χ0v) is 13.5. The average Bonchev–Trinajstić information content (AvgIpc) is 2.97. The van der Waals surface area contributed by atoms with Crippen LogP contribution in [0.1, 0.15) is 29.3 Å². The topological polar surface area (TPSA) is 87.2 Å². The van der Waals surface area contributed by atoms with Crippen LogP contribution < -0.4 is 4.90 Å². The third-order valence-electron chi connectivity index (χ3n) is 4.43. The quantitative estimate of drug-likeness (QED) is 0.889. The van der Waals surface area contributed by atoms with Gasteiger partial charge in [0, 0.05) is 37.8 Å². The number of amides is 2. The number of benzene rings is 1. The number of hydrogen-bond donors (Lipinski definition) is 1. The van der Waals surface area contributed by atoms with Gasteiger partial charge >= 0.3 is 5.97 Å². The van der Waals surface area contributed by atoms with E-state index in [4.69, 9.17) is 9.84 Å². The van der Waals surface area contributed by atoms with Gasteiger partial charge in [-0.2, -0.15) is 0 Å². The smallest absolute Gasteiger partial charge is 0.306 e. The van der Waals surface area contributed by atoms with Gasteiger partial charge in [-0.15, -0.1) is 0 Å². The molecule has 1 atom stereocenters. The largest absolute Gasteiger partial charge is 0.481 e. The molecule has 0 aromatic heterocycles. The van der Waals surface area contributed by atoms with Crippen LogP contribution >= 0.6 is 0 Å². The fourth-order valence-corrected chi connectivity index (χ4v) is 3.27. The highest BCUT2D eigenvalue weighted by Gasteiger charge is 2.28. The summed E-state index contributed by atoms with van der Waals surface area (Å²) in [4.78, 5) is 38.4. The molecule has 24 heavy (non-hydrogen) atoms. The molecule has 1 aromatic carbocycles. The van der Waals surface area contributed by atoms with Crippen molar-refractivity contribution >= 4 is 23.5 Å². The van der Waals surface area contributed by atoms with Crippen LogP contribution in [-0.2, 0) is 20.7 Å². The molecule has 2 aliphatic heterocycles. The maximum absolute atomic E-state index is 12.7. The van der Waals surface area contributed by atoms with Crippen molar-refractivity contribution in [3.8, 4) is 0 Å². The van der Waals surface area contributed by atoms with Crippen LogP contribution in [0.2, 0.25) is 0 Å². The second-order valence-corrected chi connectivity index (χ2v) is 6.11. The van der Waals surface area contributed by atoms with E-state index in [1.807, 2.05) is 12.1 Å². The van der Waals surface area contributed by atoms with Gasteiger partial charge in [-0.25, -0.2) is 0 Å². The second kappa shape index (κ2) is 6.60. The molecule has 1 unspecified atom stereocenters. The predicted molar refractivity (Wildman–Crippen MR) is 86.1 cm³/mol. The molecule has 0 bridgehead atoms. The number of morpholine rings is 1. The molecule has 2 heterocycles. The molecule has 0 aliphatic carbocycles. The van der Waals surface area contributed by atoms with Gasteiger partial charge in [-0.05, 0) is 30.2 Å². The third-order valence-corrected chi connectivity index (χ3v) is 4.43. The van der Waals surface area contributed by atoms with E-state index in [2.05, 4.69) is 0 Å². The van der Waals surface area contributed by atoms with Gasteiger partial charge in [0.15, 0.2) is 0 Å². The average molecular weight is 332 g/mol. The molecule has 1 aromatic rings. The van der Waals surface area contributed by atoms with E-state index in [-0.39, 0.29) is 24.8 Å². The monoisotopic (exact) mass is 332 g/mol. The normalized spacial score (nSPS) is 20.0. The Hall–Kier alpha value is -2.41. The van der Waals surface area contributed by atoms with Crippen molar-refractivity contribution in [3.05, 3.63) is 29.3 Å². The minimum absolute atomic E-state index is 0.00230. The minimum Gasteiger partial charge on any atom is -0.481 e. The van der Waals surface area contributed by atoms with Gasteiger partial charge in [-0.3, -0.25) is 14.4 Å². The van der Waals surface area contributed by atoms with E-state index in [1.165, 1.54) is 6.92 Å². The lowest BCUT2D eigenvalue weighted by atomic mass is 10.1. The Kier molecular flexibility index (Phi) is 4.53. The Labute approximate surface area is 139 Å². The van der Waals surface area contributed by atoms with E-state index >= 15 is 0 Å². The molecule has 128 valence electrons. The second-order valence-electron chi connectivity index (χ2n) is 6.11. The number of fused-ring (bicyclic) bond motifs is 1. The summed E-state index contributed by atoms with van der Waals surface area (Å²) in [6.45, 7) is 3.24. The molecule has 3 rings (SSSR count). The van der Waals surface area contributed by atoms with E-state index in [9.17, 15) is 14.4 Å². The molecule has 1 saturated heterocycles. The summed E-state index contributed by atoms with van der Waals surface area (Å²) < 4.78 is 5.40. The summed E-state index contributed by atoms with van der Waals surface area (Å²) in [6, 6.07) is 5.37. The first-order valence-electron chi connectivity index (χ1n) is 7.99. The summed E-state index contributed by atoms with van der Waals surface area (Å²) >= 11 is 0. The molecule has 0 radical (unpaired) electrons. The number of ether oxygens (including phenoxy) is 1. The first-order valence-corrected chi connectivity index (χ1v) is 7.99. The number of carboxylic acid groups (broad SMARTS) is 1. The van der Waals surface area contributed by atoms with Crippen LogP contribution in [0, 0.1) is 0 Å².